The molecule has 1 fully saturated rings. The first kappa shape index (κ1) is 19.7. The number of carbonyl (C=O) groups excluding carboxylic acids is 1. The van der Waals surface area contributed by atoms with Gasteiger partial charge >= 0.3 is 0 Å². The second-order valence-electron chi connectivity index (χ2n) is 8.47. The molecule has 7 nitrogen and oxygen atoms in total. The highest BCUT2D eigenvalue weighted by Gasteiger charge is 2.28. The van der Waals surface area contributed by atoms with Crippen molar-refractivity contribution in [3.05, 3.63) is 83.9 Å². The SMILES string of the molecule is O=C1NCCn2nc(-c3ccncn3)c(-c3ccc(OCc4ccc(C5CC5)cc4)cc3)c21. The van der Waals surface area contributed by atoms with Gasteiger partial charge in [0, 0.05) is 18.3 Å². The van der Waals surface area contributed by atoms with E-state index in [1.165, 1.54) is 24.7 Å². The largest absolute Gasteiger partial charge is 0.489 e. The molecule has 0 spiro atoms. The first-order chi connectivity index (χ1) is 16.3. The van der Waals surface area contributed by atoms with Crippen molar-refractivity contribution in [2.45, 2.75) is 31.9 Å². The van der Waals surface area contributed by atoms with Crippen molar-refractivity contribution >= 4 is 5.91 Å². The molecule has 164 valence electrons. The van der Waals surface area contributed by atoms with E-state index in [0.717, 1.165) is 28.4 Å². The van der Waals surface area contributed by atoms with Gasteiger partial charge in [-0.3, -0.25) is 9.48 Å². The maximum absolute atomic E-state index is 12.7. The smallest absolute Gasteiger partial charge is 0.270 e. The monoisotopic (exact) mass is 437 g/mol. The molecule has 0 unspecified atom stereocenters. The van der Waals surface area contributed by atoms with Crippen LogP contribution >= 0.6 is 0 Å². The summed E-state index contributed by atoms with van der Waals surface area (Å²) in [5, 5.41) is 7.62. The minimum atomic E-state index is -0.126. The van der Waals surface area contributed by atoms with Crippen LogP contribution in [-0.2, 0) is 13.2 Å². The van der Waals surface area contributed by atoms with E-state index in [2.05, 4.69) is 39.6 Å². The normalized spacial score (nSPS) is 15.1. The highest BCUT2D eigenvalue weighted by molar-refractivity contribution is 6.03. The summed E-state index contributed by atoms with van der Waals surface area (Å²) in [6.45, 7) is 1.70. The molecule has 0 saturated heterocycles. The lowest BCUT2D eigenvalue weighted by molar-refractivity contribution is 0.0925. The molecule has 4 aromatic rings. The zero-order valence-corrected chi connectivity index (χ0v) is 18.1. The fourth-order valence-corrected chi connectivity index (χ4v) is 4.28. The molecule has 1 N–H and O–H groups in total. The summed E-state index contributed by atoms with van der Waals surface area (Å²) >= 11 is 0. The van der Waals surface area contributed by atoms with Crippen LogP contribution in [0.3, 0.4) is 0 Å². The third-order valence-electron chi connectivity index (χ3n) is 6.18. The molecule has 0 atom stereocenters. The summed E-state index contributed by atoms with van der Waals surface area (Å²) in [6, 6.07) is 18.3. The lowest BCUT2D eigenvalue weighted by atomic mass is 10.00. The van der Waals surface area contributed by atoms with Gasteiger partial charge < -0.3 is 10.1 Å². The molecule has 7 heteroatoms. The number of aromatic nitrogens is 4. The molecule has 2 aromatic carbocycles. The number of nitrogens with one attached hydrogen (secondary N) is 1. The van der Waals surface area contributed by atoms with E-state index in [1.807, 2.05) is 30.3 Å². The molecule has 6 rings (SSSR count). The van der Waals surface area contributed by atoms with Gasteiger partial charge in [0.25, 0.3) is 5.91 Å². The highest BCUT2D eigenvalue weighted by atomic mass is 16.5. The number of hydrogen-bond acceptors (Lipinski definition) is 5. The number of nitrogens with zero attached hydrogens (tertiary/aromatic N) is 4. The van der Waals surface area contributed by atoms with Crippen LogP contribution in [0.5, 0.6) is 5.75 Å². The third-order valence-corrected chi connectivity index (χ3v) is 6.18. The molecular formula is C26H23N5O2. The lowest BCUT2D eigenvalue weighted by Gasteiger charge is -2.15. The van der Waals surface area contributed by atoms with Crippen molar-refractivity contribution in [2.75, 3.05) is 6.54 Å². The topological polar surface area (TPSA) is 81.9 Å². The minimum absolute atomic E-state index is 0.126. The van der Waals surface area contributed by atoms with Gasteiger partial charge in [0.15, 0.2) is 0 Å². The van der Waals surface area contributed by atoms with Crippen molar-refractivity contribution in [2.24, 2.45) is 0 Å². The van der Waals surface area contributed by atoms with Gasteiger partial charge in [0.1, 0.15) is 30.1 Å². The molecule has 0 bridgehead atoms. The van der Waals surface area contributed by atoms with E-state index < -0.39 is 0 Å². The first-order valence-electron chi connectivity index (χ1n) is 11.2. The summed E-state index contributed by atoms with van der Waals surface area (Å²) < 4.78 is 7.77. The van der Waals surface area contributed by atoms with Gasteiger partial charge in [-0.15, -0.1) is 0 Å². The van der Waals surface area contributed by atoms with E-state index in [-0.39, 0.29) is 5.91 Å². The summed E-state index contributed by atoms with van der Waals surface area (Å²) in [5.41, 5.74) is 6.15. The van der Waals surface area contributed by atoms with Crippen molar-refractivity contribution < 1.29 is 9.53 Å². The standard InChI is InChI=1S/C26H23N5O2/c32-26-25-23(24(22-11-12-27-16-29-22)30-31(25)14-13-28-26)20-7-9-21(10-8-20)33-15-17-1-3-18(4-2-17)19-5-6-19/h1-4,7-12,16,19H,5-6,13-15H2,(H,28,32). The van der Waals surface area contributed by atoms with Crippen LogP contribution in [0.25, 0.3) is 22.5 Å². The Labute approximate surface area is 191 Å². The number of benzene rings is 2. The molecule has 1 saturated carbocycles. The molecule has 33 heavy (non-hydrogen) atoms. The maximum atomic E-state index is 12.7. The van der Waals surface area contributed by atoms with Crippen LogP contribution < -0.4 is 10.1 Å². The van der Waals surface area contributed by atoms with Crippen LogP contribution in [0, 0.1) is 0 Å². The maximum Gasteiger partial charge on any atom is 0.270 e. The first-order valence-corrected chi connectivity index (χ1v) is 11.2. The second-order valence-corrected chi connectivity index (χ2v) is 8.47. The quantitative estimate of drug-likeness (QED) is 0.489. The van der Waals surface area contributed by atoms with Crippen molar-refractivity contribution in [3.8, 4) is 28.3 Å². The lowest BCUT2D eigenvalue weighted by Crippen LogP contribution is -2.35. The molecular weight excluding hydrogens is 414 g/mol. The van der Waals surface area contributed by atoms with Gasteiger partial charge in [-0.05, 0) is 53.6 Å². The van der Waals surface area contributed by atoms with E-state index in [4.69, 9.17) is 9.84 Å². The number of ether oxygens (including phenoxy) is 1. The Morgan fingerprint density at radius 3 is 2.58 bits per heavy atom. The van der Waals surface area contributed by atoms with Crippen LogP contribution in [-0.4, -0.2) is 32.2 Å². The zero-order chi connectivity index (χ0) is 22.2. The summed E-state index contributed by atoms with van der Waals surface area (Å²) in [5.74, 6) is 1.41. The van der Waals surface area contributed by atoms with Crippen molar-refractivity contribution in [3.63, 3.8) is 0 Å². The molecule has 2 aromatic heterocycles. The molecule has 3 heterocycles. The zero-order valence-electron chi connectivity index (χ0n) is 18.1. The van der Waals surface area contributed by atoms with Crippen molar-refractivity contribution in [1.82, 2.24) is 25.1 Å². The number of fused-ring (bicyclic) bond motifs is 1. The van der Waals surface area contributed by atoms with Crippen LogP contribution in [0.4, 0.5) is 0 Å². The van der Waals surface area contributed by atoms with Crippen LogP contribution in [0.15, 0.2) is 67.1 Å². The Bertz CT molecular complexity index is 1290. The van der Waals surface area contributed by atoms with Crippen LogP contribution in [0.2, 0.25) is 0 Å². The Morgan fingerprint density at radius 2 is 1.85 bits per heavy atom. The molecule has 1 aliphatic carbocycles. The second kappa shape index (κ2) is 8.16. The van der Waals surface area contributed by atoms with Gasteiger partial charge in [-0.2, -0.15) is 5.10 Å². The van der Waals surface area contributed by atoms with E-state index in [1.54, 1.807) is 10.9 Å². The summed E-state index contributed by atoms with van der Waals surface area (Å²) in [7, 11) is 0. The summed E-state index contributed by atoms with van der Waals surface area (Å²) in [6.07, 6.45) is 5.79. The van der Waals surface area contributed by atoms with E-state index >= 15 is 0 Å². The highest BCUT2D eigenvalue weighted by Crippen LogP contribution is 2.40. The number of amides is 1. The van der Waals surface area contributed by atoms with Crippen molar-refractivity contribution in [1.29, 1.82) is 0 Å². The number of rotatable bonds is 6. The third kappa shape index (κ3) is 3.86. The number of hydrogen-bond donors (Lipinski definition) is 1. The van der Waals surface area contributed by atoms with Gasteiger partial charge in [-0.25, -0.2) is 9.97 Å². The fraction of sp³-hybridized carbons (Fsp3) is 0.231. The van der Waals surface area contributed by atoms with E-state index in [0.29, 0.717) is 36.8 Å². The Balaban J connectivity index is 1.27. The molecule has 1 amide bonds. The molecule has 0 radical (unpaired) electrons. The molecule has 2 aliphatic rings. The predicted molar refractivity (Wildman–Crippen MR) is 124 cm³/mol. The Morgan fingerprint density at radius 1 is 1.03 bits per heavy atom. The van der Waals surface area contributed by atoms with Gasteiger partial charge in [0.05, 0.1) is 12.2 Å². The molecule has 1 aliphatic heterocycles. The average Bonchev–Trinajstić information content (AvgIpc) is 3.64. The number of carbonyl (C=O) groups is 1. The Kier molecular flexibility index (Phi) is 4.87. The van der Waals surface area contributed by atoms with Gasteiger partial charge in [-0.1, -0.05) is 36.4 Å². The van der Waals surface area contributed by atoms with Crippen LogP contribution in [0.1, 0.15) is 40.4 Å². The minimum Gasteiger partial charge on any atom is -0.489 e. The van der Waals surface area contributed by atoms with Gasteiger partial charge in [0.2, 0.25) is 0 Å². The average molecular weight is 438 g/mol. The predicted octanol–water partition coefficient (Wildman–Crippen LogP) is 4.21. The Hall–Kier alpha value is -4.00. The summed E-state index contributed by atoms with van der Waals surface area (Å²) in [4.78, 5) is 21.1. The van der Waals surface area contributed by atoms with E-state index in [9.17, 15) is 4.79 Å². The fourth-order valence-electron chi connectivity index (χ4n) is 4.28.